The summed E-state index contributed by atoms with van der Waals surface area (Å²) in [6.07, 6.45) is 0.844. The third-order valence-electron chi connectivity index (χ3n) is 4.51. The number of hydrogen-bond acceptors (Lipinski definition) is 2. The smallest absolute Gasteiger partial charge is 0.254 e. The fourth-order valence-electron chi connectivity index (χ4n) is 3.15. The molecule has 2 heterocycles. The quantitative estimate of drug-likeness (QED) is 0.841. The summed E-state index contributed by atoms with van der Waals surface area (Å²) in [6.45, 7) is 7.51. The summed E-state index contributed by atoms with van der Waals surface area (Å²) in [5.74, 6) is 1.49. The number of rotatable bonds is 2. The van der Waals surface area contributed by atoms with Crippen molar-refractivity contribution in [3.63, 3.8) is 0 Å². The highest BCUT2D eigenvalue weighted by Crippen LogP contribution is 2.25. The van der Waals surface area contributed by atoms with E-state index < -0.39 is 0 Å². The molecule has 0 saturated carbocycles. The molecule has 1 aromatic heterocycles. The lowest BCUT2D eigenvalue weighted by molar-refractivity contribution is 0.0731. The normalized spacial score (nSPS) is 14.3. The lowest BCUT2D eigenvalue weighted by Gasteiger charge is -2.27. The molecule has 122 valence electrons. The van der Waals surface area contributed by atoms with Gasteiger partial charge in [0.25, 0.3) is 5.91 Å². The van der Waals surface area contributed by atoms with E-state index in [1.807, 2.05) is 24.0 Å². The molecule has 0 saturated heterocycles. The van der Waals surface area contributed by atoms with Gasteiger partial charge < -0.3 is 9.47 Å². The van der Waals surface area contributed by atoms with E-state index in [1.165, 1.54) is 5.69 Å². The van der Waals surface area contributed by atoms with Crippen LogP contribution in [0.25, 0.3) is 0 Å². The molecule has 5 heteroatoms. The van der Waals surface area contributed by atoms with Crippen LogP contribution in [0.3, 0.4) is 0 Å². The Morgan fingerprint density at radius 1 is 1.35 bits per heavy atom. The van der Waals surface area contributed by atoms with E-state index in [1.54, 1.807) is 6.07 Å². The van der Waals surface area contributed by atoms with Crippen molar-refractivity contribution in [1.29, 1.82) is 0 Å². The maximum Gasteiger partial charge on any atom is 0.254 e. The first-order valence-corrected chi connectivity index (χ1v) is 8.36. The fraction of sp³-hybridized carbons (Fsp3) is 0.444. The van der Waals surface area contributed by atoms with Crippen LogP contribution >= 0.6 is 11.6 Å². The summed E-state index contributed by atoms with van der Waals surface area (Å²) in [5.41, 5.74) is 3.90. The highest BCUT2D eigenvalue weighted by atomic mass is 35.5. The van der Waals surface area contributed by atoms with Gasteiger partial charge in [-0.1, -0.05) is 31.5 Å². The van der Waals surface area contributed by atoms with Gasteiger partial charge >= 0.3 is 0 Å². The monoisotopic (exact) mass is 331 g/mol. The molecule has 0 bridgehead atoms. The van der Waals surface area contributed by atoms with Gasteiger partial charge in [0.15, 0.2) is 0 Å². The lowest BCUT2D eigenvalue weighted by atomic mass is 10.1. The maximum atomic E-state index is 12.7. The first kappa shape index (κ1) is 16.1. The Hall–Kier alpha value is -1.81. The summed E-state index contributed by atoms with van der Waals surface area (Å²) in [4.78, 5) is 19.3. The minimum Gasteiger partial charge on any atom is -0.334 e. The highest BCUT2D eigenvalue weighted by molar-refractivity contribution is 6.31. The minimum atomic E-state index is 0.0225. The Morgan fingerprint density at radius 3 is 2.74 bits per heavy atom. The van der Waals surface area contributed by atoms with E-state index in [0.717, 1.165) is 23.5 Å². The number of halogens is 1. The van der Waals surface area contributed by atoms with Crippen LogP contribution in [0.2, 0.25) is 5.02 Å². The van der Waals surface area contributed by atoms with E-state index in [9.17, 15) is 4.79 Å². The third kappa shape index (κ3) is 2.88. The number of hydrogen-bond donors (Lipinski definition) is 0. The molecule has 1 aliphatic heterocycles. The Bertz CT molecular complexity index is 764. The molecule has 3 rings (SSSR count). The van der Waals surface area contributed by atoms with Gasteiger partial charge in [-0.3, -0.25) is 4.79 Å². The average Bonchev–Trinajstić information content (AvgIpc) is 2.86. The van der Waals surface area contributed by atoms with Crippen LogP contribution in [0.15, 0.2) is 18.2 Å². The lowest BCUT2D eigenvalue weighted by Crippen LogP contribution is -2.36. The molecule has 0 radical (unpaired) electrons. The van der Waals surface area contributed by atoms with E-state index >= 15 is 0 Å². The summed E-state index contributed by atoms with van der Waals surface area (Å²) in [6, 6.07) is 5.49. The summed E-state index contributed by atoms with van der Waals surface area (Å²) >= 11 is 6.15. The fourth-order valence-corrected chi connectivity index (χ4v) is 3.33. The zero-order valence-electron chi connectivity index (χ0n) is 14.1. The van der Waals surface area contributed by atoms with Crippen LogP contribution in [-0.2, 0) is 20.0 Å². The Labute approximate surface area is 142 Å². The van der Waals surface area contributed by atoms with Crippen molar-refractivity contribution >= 4 is 17.5 Å². The molecule has 0 N–H and O–H groups in total. The Balaban J connectivity index is 1.85. The second kappa shape index (κ2) is 6.00. The average molecular weight is 332 g/mol. The van der Waals surface area contributed by atoms with Crippen molar-refractivity contribution in [2.45, 2.75) is 39.7 Å². The van der Waals surface area contributed by atoms with E-state index in [-0.39, 0.29) is 5.91 Å². The minimum absolute atomic E-state index is 0.0225. The molecule has 0 atom stereocenters. The molecule has 0 spiro atoms. The largest absolute Gasteiger partial charge is 0.334 e. The SMILES string of the molecule is Cc1ccc(C(=O)N2CCc3c(nc(C(C)C)n3C)C2)cc1Cl. The molecule has 0 aliphatic carbocycles. The van der Waals surface area contributed by atoms with Gasteiger partial charge in [0.2, 0.25) is 0 Å². The van der Waals surface area contributed by atoms with Crippen molar-refractivity contribution in [3.05, 3.63) is 51.6 Å². The van der Waals surface area contributed by atoms with Gasteiger partial charge in [-0.15, -0.1) is 0 Å². The van der Waals surface area contributed by atoms with Gasteiger partial charge in [-0.25, -0.2) is 4.98 Å². The molecule has 1 aromatic carbocycles. The van der Waals surface area contributed by atoms with Crippen LogP contribution in [0.4, 0.5) is 0 Å². The Morgan fingerprint density at radius 2 is 2.09 bits per heavy atom. The van der Waals surface area contributed by atoms with Crippen molar-refractivity contribution in [2.24, 2.45) is 7.05 Å². The van der Waals surface area contributed by atoms with Crippen LogP contribution in [0.5, 0.6) is 0 Å². The van der Waals surface area contributed by atoms with Gasteiger partial charge in [-0.2, -0.15) is 0 Å². The zero-order valence-corrected chi connectivity index (χ0v) is 14.8. The number of amides is 1. The third-order valence-corrected chi connectivity index (χ3v) is 4.92. The van der Waals surface area contributed by atoms with Crippen LogP contribution < -0.4 is 0 Å². The second-order valence-corrected chi connectivity index (χ2v) is 6.92. The summed E-state index contributed by atoms with van der Waals surface area (Å²) < 4.78 is 2.19. The number of fused-ring (bicyclic) bond motifs is 1. The highest BCUT2D eigenvalue weighted by Gasteiger charge is 2.27. The first-order chi connectivity index (χ1) is 10.9. The summed E-state index contributed by atoms with van der Waals surface area (Å²) in [7, 11) is 2.07. The van der Waals surface area contributed by atoms with Crippen molar-refractivity contribution in [1.82, 2.24) is 14.5 Å². The number of carbonyl (C=O) groups is 1. The van der Waals surface area contributed by atoms with Gasteiger partial charge in [-0.05, 0) is 24.6 Å². The van der Waals surface area contributed by atoms with Gasteiger partial charge in [0, 0.05) is 42.2 Å². The van der Waals surface area contributed by atoms with E-state index in [4.69, 9.17) is 16.6 Å². The zero-order chi connectivity index (χ0) is 16.7. The molecule has 2 aromatic rings. The number of nitrogens with zero attached hydrogens (tertiary/aromatic N) is 3. The number of imidazole rings is 1. The standard InChI is InChI=1S/C18H22ClN3O/c1-11(2)17-20-15-10-22(8-7-16(15)21(17)4)18(23)13-6-5-12(3)14(19)9-13/h5-6,9,11H,7-8,10H2,1-4H3. The van der Waals surface area contributed by atoms with Gasteiger partial charge in [0.05, 0.1) is 12.2 Å². The molecule has 1 aliphatic rings. The van der Waals surface area contributed by atoms with E-state index in [0.29, 0.717) is 29.6 Å². The number of aromatic nitrogens is 2. The van der Waals surface area contributed by atoms with Crippen LogP contribution in [0.1, 0.15) is 52.9 Å². The molecule has 0 unspecified atom stereocenters. The number of benzene rings is 1. The van der Waals surface area contributed by atoms with Crippen molar-refractivity contribution < 1.29 is 4.79 Å². The van der Waals surface area contributed by atoms with Crippen molar-refractivity contribution in [2.75, 3.05) is 6.54 Å². The predicted molar refractivity (Wildman–Crippen MR) is 91.9 cm³/mol. The van der Waals surface area contributed by atoms with Crippen LogP contribution in [-0.4, -0.2) is 26.9 Å². The molecule has 1 amide bonds. The number of carbonyl (C=O) groups excluding carboxylic acids is 1. The Kier molecular flexibility index (Phi) is 4.19. The molecule has 4 nitrogen and oxygen atoms in total. The van der Waals surface area contributed by atoms with Crippen molar-refractivity contribution in [3.8, 4) is 0 Å². The first-order valence-electron chi connectivity index (χ1n) is 7.98. The van der Waals surface area contributed by atoms with Crippen LogP contribution in [0, 0.1) is 6.92 Å². The summed E-state index contributed by atoms with van der Waals surface area (Å²) in [5, 5.41) is 0.633. The number of aryl methyl sites for hydroxylation is 1. The molecule has 0 fully saturated rings. The topological polar surface area (TPSA) is 38.1 Å². The predicted octanol–water partition coefficient (Wildman–Crippen LogP) is 3.70. The molecule has 23 heavy (non-hydrogen) atoms. The molecular weight excluding hydrogens is 310 g/mol. The molecular formula is C18H22ClN3O. The maximum absolute atomic E-state index is 12.7. The van der Waals surface area contributed by atoms with Gasteiger partial charge in [0.1, 0.15) is 5.82 Å². The van der Waals surface area contributed by atoms with E-state index in [2.05, 4.69) is 25.5 Å². The second-order valence-electron chi connectivity index (χ2n) is 6.52.